The van der Waals surface area contributed by atoms with Gasteiger partial charge >= 0.3 is 6.03 Å². The maximum atomic E-state index is 12.0. The maximum Gasteiger partial charge on any atom is 0.317 e. The summed E-state index contributed by atoms with van der Waals surface area (Å²) in [5, 5.41) is 3.18. The van der Waals surface area contributed by atoms with E-state index in [0.717, 1.165) is 19.0 Å². The minimum Gasteiger partial charge on any atom is -0.335 e. The van der Waals surface area contributed by atoms with Crippen LogP contribution in [0.1, 0.15) is 51.9 Å². The third kappa shape index (κ3) is 2.89. The average molecular weight is 224 g/mol. The molecule has 92 valence electrons. The van der Waals surface area contributed by atoms with Crippen molar-refractivity contribution in [2.45, 2.75) is 57.9 Å². The number of likely N-dealkylation sites (tertiary alicyclic amines) is 1. The molecule has 0 bridgehead atoms. The lowest BCUT2D eigenvalue weighted by atomic mass is 9.96. The second-order valence-electron chi connectivity index (χ2n) is 5.29. The SMILES string of the molecule is CCC1CCCN(C(=O)NC2CCCC2)C1. The largest absolute Gasteiger partial charge is 0.335 e. The number of amides is 2. The van der Waals surface area contributed by atoms with E-state index in [2.05, 4.69) is 12.2 Å². The highest BCUT2D eigenvalue weighted by Gasteiger charge is 2.25. The van der Waals surface area contributed by atoms with Gasteiger partial charge < -0.3 is 10.2 Å². The van der Waals surface area contributed by atoms with Crippen LogP contribution in [0.4, 0.5) is 4.79 Å². The first-order valence-corrected chi connectivity index (χ1v) is 6.85. The highest BCUT2D eigenvalue weighted by Crippen LogP contribution is 2.21. The molecule has 0 aromatic rings. The highest BCUT2D eigenvalue weighted by molar-refractivity contribution is 5.74. The number of rotatable bonds is 2. The molecule has 0 aromatic heterocycles. The van der Waals surface area contributed by atoms with Crippen molar-refractivity contribution in [2.24, 2.45) is 5.92 Å². The molecule has 1 N–H and O–H groups in total. The molecular weight excluding hydrogens is 200 g/mol. The molecule has 1 saturated carbocycles. The number of nitrogens with one attached hydrogen (secondary N) is 1. The molecule has 2 amide bonds. The lowest BCUT2D eigenvalue weighted by molar-refractivity contribution is 0.161. The predicted molar refractivity (Wildman–Crippen MR) is 65.4 cm³/mol. The summed E-state index contributed by atoms with van der Waals surface area (Å²) in [5.74, 6) is 0.725. The molecular formula is C13H24N2O. The van der Waals surface area contributed by atoms with Crippen molar-refractivity contribution in [1.82, 2.24) is 10.2 Å². The smallest absolute Gasteiger partial charge is 0.317 e. The van der Waals surface area contributed by atoms with E-state index in [-0.39, 0.29) is 6.03 Å². The van der Waals surface area contributed by atoms with E-state index < -0.39 is 0 Å². The normalized spacial score (nSPS) is 27.1. The van der Waals surface area contributed by atoms with Crippen LogP contribution >= 0.6 is 0 Å². The van der Waals surface area contributed by atoms with Crippen LogP contribution in [0, 0.1) is 5.92 Å². The van der Waals surface area contributed by atoms with Crippen LogP contribution in [-0.2, 0) is 0 Å². The van der Waals surface area contributed by atoms with Gasteiger partial charge in [0.25, 0.3) is 0 Å². The molecule has 3 nitrogen and oxygen atoms in total. The van der Waals surface area contributed by atoms with Gasteiger partial charge in [-0.2, -0.15) is 0 Å². The molecule has 1 aliphatic carbocycles. The molecule has 0 radical (unpaired) electrons. The summed E-state index contributed by atoms with van der Waals surface area (Å²) in [6, 6.07) is 0.638. The second-order valence-corrected chi connectivity index (χ2v) is 5.29. The van der Waals surface area contributed by atoms with Crippen LogP contribution in [0.3, 0.4) is 0 Å². The Hall–Kier alpha value is -0.730. The third-order valence-corrected chi connectivity index (χ3v) is 4.07. The van der Waals surface area contributed by atoms with E-state index in [0.29, 0.717) is 6.04 Å². The molecule has 16 heavy (non-hydrogen) atoms. The van der Waals surface area contributed by atoms with Crippen LogP contribution in [-0.4, -0.2) is 30.1 Å². The Morgan fingerprint density at radius 1 is 1.25 bits per heavy atom. The summed E-state index contributed by atoms with van der Waals surface area (Å²) in [6.45, 7) is 4.15. The summed E-state index contributed by atoms with van der Waals surface area (Å²) in [5.41, 5.74) is 0. The maximum absolute atomic E-state index is 12.0. The average Bonchev–Trinajstić information content (AvgIpc) is 2.82. The van der Waals surface area contributed by atoms with Gasteiger partial charge in [0.15, 0.2) is 0 Å². The van der Waals surface area contributed by atoms with Crippen LogP contribution in [0.5, 0.6) is 0 Å². The summed E-state index contributed by atoms with van der Waals surface area (Å²) >= 11 is 0. The van der Waals surface area contributed by atoms with Crippen molar-refractivity contribution in [1.29, 1.82) is 0 Å². The summed E-state index contributed by atoms with van der Waals surface area (Å²) in [6.07, 6.45) is 8.59. The van der Waals surface area contributed by atoms with E-state index >= 15 is 0 Å². The number of carbonyl (C=O) groups excluding carboxylic acids is 1. The van der Waals surface area contributed by atoms with E-state index in [4.69, 9.17) is 0 Å². The monoisotopic (exact) mass is 224 g/mol. The fourth-order valence-electron chi connectivity index (χ4n) is 2.92. The minimum absolute atomic E-state index is 0.185. The van der Waals surface area contributed by atoms with Gasteiger partial charge in [-0.25, -0.2) is 4.79 Å². The number of urea groups is 1. The van der Waals surface area contributed by atoms with Crippen molar-refractivity contribution in [3.8, 4) is 0 Å². The second kappa shape index (κ2) is 5.55. The molecule has 2 aliphatic rings. The minimum atomic E-state index is 0.185. The predicted octanol–water partition coefficient (Wildman–Crippen LogP) is 2.76. The fourth-order valence-corrected chi connectivity index (χ4v) is 2.92. The van der Waals surface area contributed by atoms with Crippen LogP contribution in [0.15, 0.2) is 0 Å². The molecule has 1 unspecified atom stereocenters. The molecule has 1 saturated heterocycles. The molecule has 1 aliphatic heterocycles. The molecule has 2 rings (SSSR count). The molecule has 2 fully saturated rings. The van der Waals surface area contributed by atoms with Crippen molar-refractivity contribution in [3.05, 3.63) is 0 Å². The van der Waals surface area contributed by atoms with Gasteiger partial charge in [-0.3, -0.25) is 0 Å². The standard InChI is InChI=1S/C13H24N2O/c1-2-11-6-5-9-15(10-11)13(16)14-12-7-3-4-8-12/h11-12H,2-10H2,1H3,(H,14,16). The van der Waals surface area contributed by atoms with E-state index in [1.807, 2.05) is 4.90 Å². The van der Waals surface area contributed by atoms with Gasteiger partial charge in [-0.1, -0.05) is 26.2 Å². The third-order valence-electron chi connectivity index (χ3n) is 4.07. The first-order chi connectivity index (χ1) is 7.79. The Kier molecular flexibility index (Phi) is 4.08. The zero-order chi connectivity index (χ0) is 11.4. The van der Waals surface area contributed by atoms with Gasteiger partial charge in [0, 0.05) is 19.1 Å². The van der Waals surface area contributed by atoms with Crippen LogP contribution < -0.4 is 5.32 Å². The number of hydrogen-bond acceptors (Lipinski definition) is 1. The first kappa shape index (κ1) is 11.7. The molecule has 1 atom stereocenters. The Morgan fingerprint density at radius 3 is 2.69 bits per heavy atom. The Bertz CT molecular complexity index is 236. The van der Waals surface area contributed by atoms with E-state index in [1.165, 1.54) is 44.9 Å². The van der Waals surface area contributed by atoms with Crippen molar-refractivity contribution < 1.29 is 4.79 Å². The van der Waals surface area contributed by atoms with Gasteiger partial charge in [0.2, 0.25) is 0 Å². The van der Waals surface area contributed by atoms with Crippen LogP contribution in [0.2, 0.25) is 0 Å². The Morgan fingerprint density at radius 2 is 2.00 bits per heavy atom. The summed E-state index contributed by atoms with van der Waals surface area (Å²) in [7, 11) is 0. The lowest BCUT2D eigenvalue weighted by Crippen LogP contribution is -2.48. The lowest BCUT2D eigenvalue weighted by Gasteiger charge is -2.33. The van der Waals surface area contributed by atoms with Gasteiger partial charge in [0.1, 0.15) is 0 Å². The van der Waals surface area contributed by atoms with E-state index in [9.17, 15) is 4.79 Å². The van der Waals surface area contributed by atoms with Crippen molar-refractivity contribution >= 4 is 6.03 Å². The van der Waals surface area contributed by atoms with Crippen LogP contribution in [0.25, 0.3) is 0 Å². The number of piperidine rings is 1. The fraction of sp³-hybridized carbons (Fsp3) is 0.923. The zero-order valence-electron chi connectivity index (χ0n) is 10.4. The van der Waals surface area contributed by atoms with E-state index in [1.54, 1.807) is 0 Å². The molecule has 0 aromatic carbocycles. The van der Waals surface area contributed by atoms with Crippen molar-refractivity contribution in [3.63, 3.8) is 0 Å². The number of nitrogens with zero attached hydrogens (tertiary/aromatic N) is 1. The van der Waals surface area contributed by atoms with Gasteiger partial charge in [-0.15, -0.1) is 0 Å². The molecule has 0 spiro atoms. The van der Waals surface area contributed by atoms with Crippen molar-refractivity contribution in [2.75, 3.05) is 13.1 Å². The zero-order valence-corrected chi connectivity index (χ0v) is 10.4. The number of hydrogen-bond donors (Lipinski definition) is 1. The molecule has 3 heteroatoms. The highest BCUT2D eigenvalue weighted by atomic mass is 16.2. The Balaban J connectivity index is 1.79. The molecule has 1 heterocycles. The van der Waals surface area contributed by atoms with Gasteiger partial charge in [-0.05, 0) is 31.6 Å². The van der Waals surface area contributed by atoms with Gasteiger partial charge in [0.05, 0.1) is 0 Å². The Labute approximate surface area is 98.6 Å². The topological polar surface area (TPSA) is 32.3 Å². The number of carbonyl (C=O) groups is 1. The first-order valence-electron chi connectivity index (χ1n) is 6.85. The quantitative estimate of drug-likeness (QED) is 0.768. The summed E-state index contributed by atoms with van der Waals surface area (Å²) < 4.78 is 0. The summed E-state index contributed by atoms with van der Waals surface area (Å²) in [4.78, 5) is 14.1.